The van der Waals surface area contributed by atoms with Crippen LogP contribution in [-0.2, 0) is 11.2 Å². The maximum Gasteiger partial charge on any atom is 0.345 e. The van der Waals surface area contributed by atoms with Gasteiger partial charge in [0.05, 0.1) is 11.6 Å². The van der Waals surface area contributed by atoms with Crippen LogP contribution in [0.5, 0.6) is 11.5 Å². The standard InChI is InChI=1S/C17H17ClO4/c1-2-21-13-9-7-12(8-10-13)11-16(17(19)20)22-15-6-4-3-5-14(15)18/h3-10,16H,2,11H2,1H3,(H,19,20). The first-order valence-corrected chi connectivity index (χ1v) is 7.33. The minimum absolute atomic E-state index is 0.243. The second-order valence-corrected chi connectivity index (χ2v) is 5.06. The van der Waals surface area contributed by atoms with Crippen LogP contribution in [-0.4, -0.2) is 23.8 Å². The monoisotopic (exact) mass is 320 g/mol. The molecule has 0 aromatic heterocycles. The number of carboxylic acid groups (broad SMARTS) is 1. The van der Waals surface area contributed by atoms with E-state index >= 15 is 0 Å². The van der Waals surface area contributed by atoms with Crippen LogP contribution < -0.4 is 9.47 Å². The number of hydrogen-bond acceptors (Lipinski definition) is 3. The van der Waals surface area contributed by atoms with Gasteiger partial charge in [0.1, 0.15) is 11.5 Å². The topological polar surface area (TPSA) is 55.8 Å². The van der Waals surface area contributed by atoms with Gasteiger partial charge in [0.2, 0.25) is 0 Å². The highest BCUT2D eigenvalue weighted by Crippen LogP contribution is 2.25. The number of halogens is 1. The van der Waals surface area contributed by atoms with Gasteiger partial charge in [0.15, 0.2) is 6.10 Å². The molecule has 4 nitrogen and oxygen atoms in total. The lowest BCUT2D eigenvalue weighted by Crippen LogP contribution is -2.29. The lowest BCUT2D eigenvalue weighted by atomic mass is 10.1. The van der Waals surface area contributed by atoms with E-state index in [1.165, 1.54) is 0 Å². The van der Waals surface area contributed by atoms with Crippen molar-refractivity contribution in [3.63, 3.8) is 0 Å². The second-order valence-electron chi connectivity index (χ2n) is 4.66. The maximum atomic E-state index is 11.4. The van der Waals surface area contributed by atoms with Crippen LogP contribution in [0.2, 0.25) is 5.02 Å². The van der Waals surface area contributed by atoms with E-state index in [0.717, 1.165) is 11.3 Å². The van der Waals surface area contributed by atoms with Crippen LogP contribution >= 0.6 is 11.6 Å². The Labute approximate surface area is 134 Å². The van der Waals surface area contributed by atoms with Crippen molar-refractivity contribution in [2.24, 2.45) is 0 Å². The summed E-state index contributed by atoms with van der Waals surface area (Å²) >= 11 is 6.00. The first-order chi connectivity index (χ1) is 10.6. The molecule has 5 heteroatoms. The lowest BCUT2D eigenvalue weighted by Gasteiger charge is -2.16. The highest BCUT2D eigenvalue weighted by molar-refractivity contribution is 6.32. The average molecular weight is 321 g/mol. The van der Waals surface area contributed by atoms with Crippen molar-refractivity contribution in [3.05, 3.63) is 59.1 Å². The summed E-state index contributed by atoms with van der Waals surface area (Å²) in [5.41, 5.74) is 0.850. The van der Waals surface area contributed by atoms with E-state index in [9.17, 15) is 9.90 Å². The summed E-state index contributed by atoms with van der Waals surface area (Å²) in [6, 6.07) is 14.1. The Morgan fingerprint density at radius 1 is 1.18 bits per heavy atom. The number of benzene rings is 2. The fourth-order valence-corrected chi connectivity index (χ4v) is 2.16. The van der Waals surface area contributed by atoms with Gasteiger partial charge in [-0.05, 0) is 36.8 Å². The largest absolute Gasteiger partial charge is 0.494 e. The summed E-state index contributed by atoms with van der Waals surface area (Å²) in [6.07, 6.45) is -0.759. The Morgan fingerprint density at radius 3 is 2.45 bits per heavy atom. The molecule has 0 heterocycles. The molecule has 0 aliphatic rings. The van der Waals surface area contributed by atoms with Crippen molar-refractivity contribution < 1.29 is 19.4 Å². The summed E-state index contributed by atoms with van der Waals surface area (Å²) in [4.78, 5) is 11.4. The molecule has 1 unspecified atom stereocenters. The summed E-state index contributed by atoms with van der Waals surface area (Å²) < 4.78 is 10.9. The molecule has 2 aromatic carbocycles. The van der Waals surface area contributed by atoms with Crippen LogP contribution in [0.25, 0.3) is 0 Å². The molecule has 0 radical (unpaired) electrons. The summed E-state index contributed by atoms with van der Waals surface area (Å²) in [5.74, 6) is 0.0847. The molecule has 2 aromatic rings. The number of aliphatic carboxylic acids is 1. The normalized spacial score (nSPS) is 11.7. The van der Waals surface area contributed by atoms with Crippen molar-refractivity contribution >= 4 is 17.6 Å². The van der Waals surface area contributed by atoms with E-state index < -0.39 is 12.1 Å². The SMILES string of the molecule is CCOc1ccc(CC(Oc2ccccc2Cl)C(=O)O)cc1. The van der Waals surface area contributed by atoms with Crippen LogP contribution in [0, 0.1) is 0 Å². The number of carbonyl (C=O) groups is 1. The minimum atomic E-state index is -1.03. The Balaban J connectivity index is 2.09. The number of hydrogen-bond donors (Lipinski definition) is 1. The van der Waals surface area contributed by atoms with Crippen molar-refractivity contribution in [2.45, 2.75) is 19.4 Å². The quantitative estimate of drug-likeness (QED) is 0.842. The first kappa shape index (κ1) is 16.2. The van der Waals surface area contributed by atoms with Crippen LogP contribution in [0.1, 0.15) is 12.5 Å². The lowest BCUT2D eigenvalue weighted by molar-refractivity contribution is -0.145. The van der Waals surface area contributed by atoms with Gasteiger partial charge in [-0.25, -0.2) is 4.79 Å². The fraction of sp³-hybridized carbons (Fsp3) is 0.235. The van der Waals surface area contributed by atoms with Gasteiger partial charge in [-0.1, -0.05) is 35.9 Å². The third-order valence-corrected chi connectivity index (χ3v) is 3.35. The fourth-order valence-electron chi connectivity index (χ4n) is 1.98. The van der Waals surface area contributed by atoms with Crippen LogP contribution in [0.4, 0.5) is 0 Å². The predicted molar refractivity (Wildman–Crippen MR) is 84.8 cm³/mol. The highest BCUT2D eigenvalue weighted by atomic mass is 35.5. The first-order valence-electron chi connectivity index (χ1n) is 6.96. The molecule has 1 atom stereocenters. The van der Waals surface area contributed by atoms with Gasteiger partial charge in [0, 0.05) is 6.42 Å². The molecule has 2 rings (SSSR count). The van der Waals surface area contributed by atoms with Crippen LogP contribution in [0.15, 0.2) is 48.5 Å². The molecule has 0 spiro atoms. The third-order valence-electron chi connectivity index (χ3n) is 3.04. The Bertz CT molecular complexity index is 625. The van der Waals surface area contributed by atoms with Crippen LogP contribution in [0.3, 0.4) is 0 Å². The molecular weight excluding hydrogens is 304 g/mol. The molecular formula is C17H17ClO4. The summed E-state index contributed by atoms with van der Waals surface area (Å²) in [7, 11) is 0. The highest BCUT2D eigenvalue weighted by Gasteiger charge is 2.21. The van der Waals surface area contributed by atoms with E-state index in [1.54, 1.807) is 24.3 Å². The van der Waals surface area contributed by atoms with Gasteiger partial charge >= 0.3 is 5.97 Å². The number of para-hydroxylation sites is 1. The third kappa shape index (κ3) is 4.40. The van der Waals surface area contributed by atoms with E-state index in [1.807, 2.05) is 31.2 Å². The number of carboxylic acids is 1. The molecule has 0 saturated heterocycles. The summed E-state index contributed by atoms with van der Waals surface area (Å²) in [5, 5.41) is 9.72. The average Bonchev–Trinajstić information content (AvgIpc) is 2.50. The van der Waals surface area contributed by atoms with E-state index in [4.69, 9.17) is 21.1 Å². The van der Waals surface area contributed by atoms with Crippen molar-refractivity contribution in [1.82, 2.24) is 0 Å². The molecule has 0 aliphatic carbocycles. The molecule has 0 fully saturated rings. The molecule has 22 heavy (non-hydrogen) atoms. The number of rotatable bonds is 7. The van der Waals surface area contributed by atoms with E-state index in [-0.39, 0.29) is 6.42 Å². The van der Waals surface area contributed by atoms with Gasteiger partial charge < -0.3 is 14.6 Å². The zero-order valence-electron chi connectivity index (χ0n) is 12.2. The Morgan fingerprint density at radius 2 is 1.86 bits per heavy atom. The van der Waals surface area contributed by atoms with Gasteiger partial charge in [-0.2, -0.15) is 0 Å². The molecule has 0 aliphatic heterocycles. The zero-order chi connectivity index (χ0) is 15.9. The van der Waals surface area contributed by atoms with E-state index in [0.29, 0.717) is 17.4 Å². The molecule has 0 amide bonds. The maximum absolute atomic E-state index is 11.4. The van der Waals surface area contributed by atoms with Gasteiger partial charge in [-0.3, -0.25) is 0 Å². The predicted octanol–water partition coefficient (Wildman–Crippen LogP) is 3.81. The molecule has 116 valence electrons. The second kappa shape index (κ2) is 7.71. The number of ether oxygens (including phenoxy) is 2. The Kier molecular flexibility index (Phi) is 5.67. The molecule has 0 saturated carbocycles. The van der Waals surface area contributed by atoms with E-state index in [2.05, 4.69) is 0 Å². The minimum Gasteiger partial charge on any atom is -0.494 e. The Hall–Kier alpha value is -2.20. The summed E-state index contributed by atoms with van der Waals surface area (Å²) in [6.45, 7) is 2.50. The van der Waals surface area contributed by atoms with Gasteiger partial charge in [0.25, 0.3) is 0 Å². The van der Waals surface area contributed by atoms with Crippen molar-refractivity contribution in [2.75, 3.05) is 6.61 Å². The van der Waals surface area contributed by atoms with Crippen molar-refractivity contribution in [3.8, 4) is 11.5 Å². The van der Waals surface area contributed by atoms with Gasteiger partial charge in [-0.15, -0.1) is 0 Å². The molecule has 0 bridgehead atoms. The molecule has 1 N–H and O–H groups in total. The van der Waals surface area contributed by atoms with Crippen molar-refractivity contribution in [1.29, 1.82) is 0 Å². The zero-order valence-corrected chi connectivity index (χ0v) is 12.9. The smallest absolute Gasteiger partial charge is 0.345 e.